The zero-order valence-electron chi connectivity index (χ0n) is 16.1. The molecule has 2 aliphatic heterocycles. The van der Waals surface area contributed by atoms with Gasteiger partial charge in [0.05, 0.1) is 0 Å². The number of rotatable bonds is 3. The van der Waals surface area contributed by atoms with Crippen molar-refractivity contribution >= 4 is 11.8 Å². The highest BCUT2D eigenvalue weighted by Gasteiger charge is 2.44. The predicted molar refractivity (Wildman–Crippen MR) is 105 cm³/mol. The second-order valence-corrected chi connectivity index (χ2v) is 7.63. The van der Waals surface area contributed by atoms with E-state index < -0.39 is 0 Å². The van der Waals surface area contributed by atoms with Gasteiger partial charge in [-0.25, -0.2) is 0 Å². The Morgan fingerprint density at radius 2 is 1.89 bits per heavy atom. The number of hydrogen-bond donors (Lipinski definition) is 1. The van der Waals surface area contributed by atoms with Gasteiger partial charge < -0.3 is 15.0 Å². The first kappa shape index (κ1) is 18.5. The minimum absolute atomic E-state index is 0.0374. The molecule has 1 atom stereocenters. The summed E-state index contributed by atoms with van der Waals surface area (Å²) >= 11 is 0. The van der Waals surface area contributed by atoms with Crippen molar-refractivity contribution < 1.29 is 14.3 Å². The van der Waals surface area contributed by atoms with E-state index in [9.17, 15) is 9.59 Å². The van der Waals surface area contributed by atoms with Gasteiger partial charge in [-0.3, -0.25) is 14.6 Å². The number of fused-ring (bicyclic) bond motifs is 1. The molecule has 1 aromatic heterocycles. The lowest BCUT2D eigenvalue weighted by molar-refractivity contribution is -0.121. The number of piperidine rings is 1. The lowest BCUT2D eigenvalue weighted by atomic mass is 9.76. The van der Waals surface area contributed by atoms with Crippen LogP contribution in [-0.4, -0.2) is 47.4 Å². The fourth-order valence-corrected chi connectivity index (χ4v) is 4.35. The van der Waals surface area contributed by atoms with Gasteiger partial charge in [-0.1, -0.05) is 18.2 Å². The maximum absolute atomic E-state index is 12.7. The molecule has 0 bridgehead atoms. The molecule has 6 heteroatoms. The van der Waals surface area contributed by atoms with Crippen molar-refractivity contribution in [2.45, 2.75) is 37.2 Å². The normalized spacial score (nSPS) is 20.2. The summed E-state index contributed by atoms with van der Waals surface area (Å²) in [6.45, 7) is 1.30. The Morgan fingerprint density at radius 3 is 2.61 bits per heavy atom. The smallest absolute Gasteiger partial charge is 0.253 e. The molecule has 1 N–H and O–H groups in total. The molecular formula is C22H25N3O3. The molecule has 1 spiro atoms. The number of para-hydroxylation sites is 1. The summed E-state index contributed by atoms with van der Waals surface area (Å²) in [5.41, 5.74) is 1.45. The fraction of sp³-hybridized carbons (Fsp3) is 0.409. The number of likely N-dealkylation sites (tertiary alicyclic amines) is 1. The van der Waals surface area contributed by atoms with Gasteiger partial charge in [0.25, 0.3) is 5.91 Å². The van der Waals surface area contributed by atoms with Crippen LogP contribution in [0.5, 0.6) is 5.75 Å². The first-order valence-electron chi connectivity index (χ1n) is 9.78. The summed E-state index contributed by atoms with van der Waals surface area (Å²) in [7, 11) is 1.67. The maximum atomic E-state index is 12.7. The second kappa shape index (κ2) is 7.62. The van der Waals surface area contributed by atoms with E-state index in [1.165, 1.54) is 0 Å². The summed E-state index contributed by atoms with van der Waals surface area (Å²) in [5, 5.41) is 2.74. The summed E-state index contributed by atoms with van der Waals surface area (Å²) in [6, 6.07) is 11.5. The van der Waals surface area contributed by atoms with E-state index in [1.54, 1.807) is 31.6 Å². The van der Waals surface area contributed by atoms with Gasteiger partial charge in [0.1, 0.15) is 11.4 Å². The number of carbonyl (C=O) groups excluding carboxylic acids is 2. The highest BCUT2D eigenvalue weighted by molar-refractivity contribution is 5.94. The van der Waals surface area contributed by atoms with Crippen molar-refractivity contribution in [3.8, 4) is 5.75 Å². The summed E-state index contributed by atoms with van der Waals surface area (Å²) < 4.78 is 6.46. The second-order valence-electron chi connectivity index (χ2n) is 7.63. The summed E-state index contributed by atoms with van der Waals surface area (Å²) in [4.78, 5) is 30.6. The van der Waals surface area contributed by atoms with Crippen molar-refractivity contribution in [3.63, 3.8) is 0 Å². The molecule has 146 valence electrons. The van der Waals surface area contributed by atoms with Crippen LogP contribution in [0.15, 0.2) is 48.8 Å². The van der Waals surface area contributed by atoms with Gasteiger partial charge in [-0.15, -0.1) is 0 Å². The third-order valence-corrected chi connectivity index (χ3v) is 5.90. The van der Waals surface area contributed by atoms with E-state index >= 15 is 0 Å². The standard InChI is InChI=1S/C22H25N3O3/c1-23-20(26)14-17-15-22(28-19-5-3-2-4-18(17)19)8-12-25(13-9-22)21(27)16-6-10-24-11-7-16/h2-7,10-11,17H,8-9,12-15H2,1H3,(H,23,26)/t17-/m0/s1. The molecule has 2 amide bonds. The van der Waals surface area contributed by atoms with Crippen LogP contribution in [0, 0.1) is 0 Å². The fourth-order valence-electron chi connectivity index (χ4n) is 4.35. The number of aromatic nitrogens is 1. The average Bonchev–Trinajstić information content (AvgIpc) is 2.74. The predicted octanol–water partition coefficient (Wildman–Crippen LogP) is 2.76. The van der Waals surface area contributed by atoms with Gasteiger partial charge >= 0.3 is 0 Å². The van der Waals surface area contributed by atoms with Gasteiger partial charge in [-0.05, 0) is 30.2 Å². The highest BCUT2D eigenvalue weighted by atomic mass is 16.5. The number of nitrogens with zero attached hydrogens (tertiary/aromatic N) is 2. The third-order valence-electron chi connectivity index (χ3n) is 5.90. The topological polar surface area (TPSA) is 71.5 Å². The Balaban J connectivity index is 1.50. The summed E-state index contributed by atoms with van der Waals surface area (Å²) in [5.74, 6) is 1.08. The zero-order valence-corrected chi connectivity index (χ0v) is 16.1. The maximum Gasteiger partial charge on any atom is 0.253 e. The van der Waals surface area contributed by atoms with Gasteiger partial charge in [-0.2, -0.15) is 0 Å². The number of nitrogens with one attached hydrogen (secondary N) is 1. The van der Waals surface area contributed by atoms with Crippen molar-refractivity contribution in [2.24, 2.45) is 0 Å². The minimum atomic E-state index is -0.317. The van der Waals surface area contributed by atoms with E-state index in [4.69, 9.17) is 4.74 Å². The molecule has 1 saturated heterocycles. The summed E-state index contributed by atoms with van der Waals surface area (Å²) in [6.07, 6.45) is 6.07. The monoisotopic (exact) mass is 379 g/mol. The molecule has 3 heterocycles. The largest absolute Gasteiger partial charge is 0.487 e. The van der Waals surface area contributed by atoms with Crippen LogP contribution in [0.3, 0.4) is 0 Å². The highest BCUT2D eigenvalue weighted by Crippen LogP contribution is 2.46. The Kier molecular flexibility index (Phi) is 5.03. The zero-order chi connectivity index (χ0) is 19.6. The van der Waals surface area contributed by atoms with Gasteiger partial charge in [0, 0.05) is 63.3 Å². The molecule has 1 fully saturated rings. The van der Waals surface area contributed by atoms with Gasteiger partial charge in [0.2, 0.25) is 5.91 Å². The average molecular weight is 379 g/mol. The third kappa shape index (κ3) is 3.59. The lowest BCUT2D eigenvalue weighted by Gasteiger charge is -2.47. The SMILES string of the molecule is CNC(=O)C[C@H]1CC2(CCN(C(=O)c3ccncc3)CC2)Oc2ccccc21. The van der Waals surface area contributed by atoms with E-state index in [1.807, 2.05) is 23.1 Å². The van der Waals surface area contributed by atoms with E-state index in [2.05, 4.69) is 16.4 Å². The quantitative estimate of drug-likeness (QED) is 0.890. The number of hydrogen-bond acceptors (Lipinski definition) is 4. The molecule has 4 rings (SSSR count). The molecule has 0 saturated carbocycles. The van der Waals surface area contributed by atoms with E-state index in [-0.39, 0.29) is 23.3 Å². The Labute approximate surface area is 164 Å². The van der Waals surface area contributed by atoms with Crippen LogP contribution in [0.1, 0.15) is 47.5 Å². The van der Waals surface area contributed by atoms with Gasteiger partial charge in [0.15, 0.2) is 0 Å². The molecule has 0 aliphatic carbocycles. The molecular weight excluding hydrogens is 354 g/mol. The van der Waals surface area contributed by atoms with Crippen molar-refractivity contribution in [1.29, 1.82) is 0 Å². The number of carbonyl (C=O) groups is 2. The number of amides is 2. The number of benzene rings is 1. The Morgan fingerprint density at radius 1 is 1.18 bits per heavy atom. The van der Waals surface area contributed by atoms with E-state index in [0.717, 1.165) is 30.6 Å². The van der Waals surface area contributed by atoms with Crippen LogP contribution in [0.2, 0.25) is 0 Å². The molecule has 0 radical (unpaired) electrons. The lowest BCUT2D eigenvalue weighted by Crippen LogP contribution is -2.52. The molecule has 2 aliphatic rings. The van der Waals surface area contributed by atoms with Crippen LogP contribution < -0.4 is 10.1 Å². The first-order valence-corrected chi connectivity index (χ1v) is 9.78. The van der Waals surface area contributed by atoms with Crippen LogP contribution in [0.25, 0.3) is 0 Å². The minimum Gasteiger partial charge on any atom is -0.487 e. The van der Waals surface area contributed by atoms with Crippen molar-refractivity contribution in [3.05, 3.63) is 59.9 Å². The number of ether oxygens (including phenoxy) is 1. The number of pyridine rings is 1. The molecule has 2 aromatic rings. The molecule has 28 heavy (non-hydrogen) atoms. The van der Waals surface area contributed by atoms with Crippen LogP contribution in [0.4, 0.5) is 0 Å². The molecule has 0 unspecified atom stereocenters. The molecule has 1 aromatic carbocycles. The Hall–Kier alpha value is -2.89. The van der Waals surface area contributed by atoms with Crippen molar-refractivity contribution in [2.75, 3.05) is 20.1 Å². The Bertz CT molecular complexity index is 860. The molecule has 6 nitrogen and oxygen atoms in total. The van der Waals surface area contributed by atoms with E-state index in [0.29, 0.717) is 25.1 Å². The first-order chi connectivity index (χ1) is 13.6. The van der Waals surface area contributed by atoms with Crippen LogP contribution >= 0.6 is 0 Å². The van der Waals surface area contributed by atoms with Crippen LogP contribution in [-0.2, 0) is 4.79 Å². The van der Waals surface area contributed by atoms with Crippen molar-refractivity contribution in [1.82, 2.24) is 15.2 Å².